The quantitative estimate of drug-likeness (QED) is 0.633. The topological polar surface area (TPSA) is 80.5 Å². The van der Waals surface area contributed by atoms with E-state index in [0.29, 0.717) is 13.1 Å². The minimum absolute atomic E-state index is 0.228. The number of sulfonamides is 1. The molecule has 0 N–H and O–H groups in total. The average Bonchev–Trinajstić information content (AvgIpc) is 2.36. The lowest BCUT2D eigenvalue weighted by Crippen LogP contribution is -2.42. The summed E-state index contributed by atoms with van der Waals surface area (Å²) < 4.78 is 40.0. The Morgan fingerprint density at radius 2 is 1.86 bits per heavy atom. The minimum atomic E-state index is -3.82. The third kappa shape index (κ3) is 3.21. The SMILES string of the molecule is CC1CC(C)CN(S(=O)(=O)c2ccc([N+](=O)[O-])c(F)c2)C1. The van der Waals surface area contributed by atoms with E-state index in [2.05, 4.69) is 0 Å². The first-order valence-electron chi connectivity index (χ1n) is 6.66. The Kier molecular flexibility index (Phi) is 4.29. The Bertz CT molecular complexity index is 652. The normalized spacial score (nSPS) is 24.0. The molecule has 2 unspecified atom stereocenters. The average molecular weight is 316 g/mol. The van der Waals surface area contributed by atoms with E-state index in [1.165, 1.54) is 4.31 Å². The number of nitrogens with zero attached hydrogens (tertiary/aromatic N) is 2. The minimum Gasteiger partial charge on any atom is -0.258 e. The molecule has 21 heavy (non-hydrogen) atoms. The maximum absolute atomic E-state index is 13.6. The molecule has 0 aromatic heterocycles. The Labute approximate surface area is 122 Å². The second kappa shape index (κ2) is 5.69. The summed E-state index contributed by atoms with van der Waals surface area (Å²) in [5.41, 5.74) is -0.727. The van der Waals surface area contributed by atoms with Gasteiger partial charge in [-0.15, -0.1) is 0 Å². The third-order valence-electron chi connectivity index (χ3n) is 3.59. The van der Waals surface area contributed by atoms with Crippen LogP contribution in [0.2, 0.25) is 0 Å². The molecule has 0 aliphatic carbocycles. The van der Waals surface area contributed by atoms with E-state index >= 15 is 0 Å². The van der Waals surface area contributed by atoms with Gasteiger partial charge < -0.3 is 0 Å². The first-order valence-corrected chi connectivity index (χ1v) is 8.10. The molecule has 1 heterocycles. The first-order chi connectivity index (χ1) is 9.71. The molecule has 0 spiro atoms. The molecular formula is C13H17FN2O4S. The fourth-order valence-electron chi connectivity index (χ4n) is 2.75. The standard InChI is InChI=1S/C13H17FN2O4S/c1-9-5-10(2)8-15(7-9)21(19,20)11-3-4-13(16(17)18)12(14)6-11/h3-4,6,9-10H,5,7-8H2,1-2H3. The van der Waals surface area contributed by atoms with Crippen LogP contribution in [0.15, 0.2) is 23.1 Å². The summed E-state index contributed by atoms with van der Waals surface area (Å²) >= 11 is 0. The van der Waals surface area contributed by atoms with Crippen molar-refractivity contribution >= 4 is 15.7 Å². The highest BCUT2D eigenvalue weighted by Crippen LogP contribution is 2.28. The fraction of sp³-hybridized carbons (Fsp3) is 0.538. The van der Waals surface area contributed by atoms with E-state index in [9.17, 15) is 22.9 Å². The van der Waals surface area contributed by atoms with Gasteiger partial charge in [-0.25, -0.2) is 8.42 Å². The highest BCUT2D eigenvalue weighted by molar-refractivity contribution is 7.89. The van der Waals surface area contributed by atoms with Gasteiger partial charge in [-0.2, -0.15) is 8.70 Å². The molecule has 0 radical (unpaired) electrons. The predicted molar refractivity (Wildman–Crippen MR) is 74.8 cm³/mol. The van der Waals surface area contributed by atoms with Crippen molar-refractivity contribution in [1.82, 2.24) is 4.31 Å². The van der Waals surface area contributed by atoms with Gasteiger partial charge in [0.25, 0.3) is 0 Å². The summed E-state index contributed by atoms with van der Waals surface area (Å²) in [5.74, 6) is -0.683. The predicted octanol–water partition coefficient (Wildman–Crippen LogP) is 2.40. The lowest BCUT2D eigenvalue weighted by atomic mass is 9.94. The number of hydrogen-bond donors (Lipinski definition) is 0. The molecule has 2 atom stereocenters. The van der Waals surface area contributed by atoms with Crippen LogP contribution in [-0.4, -0.2) is 30.7 Å². The number of piperidine rings is 1. The van der Waals surface area contributed by atoms with Crippen LogP contribution in [0.3, 0.4) is 0 Å². The van der Waals surface area contributed by atoms with Gasteiger partial charge in [0.1, 0.15) is 0 Å². The molecular weight excluding hydrogens is 299 g/mol. The van der Waals surface area contributed by atoms with Crippen molar-refractivity contribution in [2.45, 2.75) is 25.2 Å². The van der Waals surface area contributed by atoms with Gasteiger partial charge in [0.05, 0.1) is 9.82 Å². The molecule has 0 bridgehead atoms. The highest BCUT2D eigenvalue weighted by Gasteiger charge is 2.32. The Balaban J connectivity index is 2.35. The van der Waals surface area contributed by atoms with Crippen molar-refractivity contribution in [3.63, 3.8) is 0 Å². The van der Waals surface area contributed by atoms with Crippen LogP contribution >= 0.6 is 0 Å². The largest absolute Gasteiger partial charge is 0.304 e. The number of rotatable bonds is 3. The van der Waals surface area contributed by atoms with Crippen molar-refractivity contribution in [1.29, 1.82) is 0 Å². The highest BCUT2D eigenvalue weighted by atomic mass is 32.2. The molecule has 116 valence electrons. The van der Waals surface area contributed by atoms with Crippen molar-refractivity contribution in [2.75, 3.05) is 13.1 Å². The molecule has 0 amide bonds. The second-order valence-electron chi connectivity index (χ2n) is 5.64. The fourth-order valence-corrected chi connectivity index (χ4v) is 4.44. The first kappa shape index (κ1) is 15.8. The maximum Gasteiger partial charge on any atom is 0.304 e. The molecule has 1 saturated heterocycles. The summed E-state index contributed by atoms with van der Waals surface area (Å²) in [7, 11) is -3.82. The Hall–Kier alpha value is -1.54. The summed E-state index contributed by atoms with van der Waals surface area (Å²) in [6.45, 7) is 4.69. The van der Waals surface area contributed by atoms with Crippen LogP contribution in [0.25, 0.3) is 0 Å². The molecule has 6 nitrogen and oxygen atoms in total. The monoisotopic (exact) mass is 316 g/mol. The van der Waals surface area contributed by atoms with Crippen LogP contribution < -0.4 is 0 Å². The Morgan fingerprint density at radius 3 is 2.33 bits per heavy atom. The molecule has 8 heteroatoms. The van der Waals surface area contributed by atoms with Gasteiger partial charge in [-0.05, 0) is 24.3 Å². The maximum atomic E-state index is 13.6. The van der Waals surface area contributed by atoms with Gasteiger partial charge in [0, 0.05) is 25.2 Å². The van der Waals surface area contributed by atoms with Gasteiger partial charge >= 0.3 is 5.69 Å². The molecule has 0 saturated carbocycles. The second-order valence-corrected chi connectivity index (χ2v) is 7.58. The smallest absolute Gasteiger partial charge is 0.258 e. The lowest BCUT2D eigenvalue weighted by molar-refractivity contribution is -0.387. The lowest BCUT2D eigenvalue weighted by Gasteiger charge is -2.34. The van der Waals surface area contributed by atoms with E-state index in [1.807, 2.05) is 13.8 Å². The van der Waals surface area contributed by atoms with E-state index in [4.69, 9.17) is 0 Å². The number of hydrogen-bond acceptors (Lipinski definition) is 4. The number of benzene rings is 1. The van der Waals surface area contributed by atoms with Crippen LogP contribution in [0.5, 0.6) is 0 Å². The van der Waals surface area contributed by atoms with Crippen molar-refractivity contribution < 1.29 is 17.7 Å². The van der Waals surface area contributed by atoms with Crippen LogP contribution in [0, 0.1) is 27.8 Å². The third-order valence-corrected chi connectivity index (χ3v) is 5.42. The van der Waals surface area contributed by atoms with Crippen LogP contribution in [0.1, 0.15) is 20.3 Å². The van der Waals surface area contributed by atoms with Gasteiger partial charge in [-0.1, -0.05) is 13.8 Å². The molecule has 1 fully saturated rings. The zero-order chi connectivity index (χ0) is 15.8. The van der Waals surface area contributed by atoms with E-state index in [0.717, 1.165) is 24.6 Å². The summed E-state index contributed by atoms with van der Waals surface area (Å²) in [4.78, 5) is 9.45. The summed E-state index contributed by atoms with van der Waals surface area (Å²) in [6.07, 6.45) is 0.945. The zero-order valence-corrected chi connectivity index (χ0v) is 12.6. The zero-order valence-electron chi connectivity index (χ0n) is 11.8. The van der Waals surface area contributed by atoms with Gasteiger partial charge in [0.2, 0.25) is 15.8 Å². The molecule has 1 aliphatic rings. The van der Waals surface area contributed by atoms with Gasteiger partial charge in [0.15, 0.2) is 0 Å². The van der Waals surface area contributed by atoms with Gasteiger partial charge in [-0.3, -0.25) is 10.1 Å². The van der Waals surface area contributed by atoms with E-state index in [1.54, 1.807) is 0 Å². The van der Waals surface area contributed by atoms with Crippen molar-refractivity contribution in [3.05, 3.63) is 34.1 Å². The van der Waals surface area contributed by atoms with Crippen molar-refractivity contribution in [3.8, 4) is 0 Å². The van der Waals surface area contributed by atoms with E-state index < -0.39 is 26.5 Å². The van der Waals surface area contributed by atoms with Crippen LogP contribution in [-0.2, 0) is 10.0 Å². The number of nitro groups is 1. The summed E-state index contributed by atoms with van der Waals surface area (Å²) in [6, 6.07) is 2.69. The van der Waals surface area contributed by atoms with Crippen LogP contribution in [0.4, 0.5) is 10.1 Å². The molecule has 1 aromatic rings. The van der Waals surface area contributed by atoms with E-state index in [-0.39, 0.29) is 16.7 Å². The molecule has 1 aliphatic heterocycles. The number of halogens is 1. The molecule has 2 rings (SSSR count). The number of nitro benzene ring substituents is 1. The molecule has 1 aromatic carbocycles. The Morgan fingerprint density at radius 1 is 1.29 bits per heavy atom. The van der Waals surface area contributed by atoms with Crippen molar-refractivity contribution in [2.24, 2.45) is 11.8 Å². The summed E-state index contributed by atoms with van der Waals surface area (Å²) in [5, 5.41) is 10.6.